The molecule has 0 bridgehead atoms. The highest BCUT2D eigenvalue weighted by molar-refractivity contribution is 6.66. The highest BCUT2D eigenvalue weighted by atomic mass is 35.5. The van der Waals surface area contributed by atoms with Gasteiger partial charge < -0.3 is 0 Å². The summed E-state index contributed by atoms with van der Waals surface area (Å²) in [6.45, 7) is 0. The molecule has 0 saturated carbocycles. The van der Waals surface area contributed by atoms with Gasteiger partial charge in [0.15, 0.2) is 0 Å². The van der Waals surface area contributed by atoms with Crippen LogP contribution in [0.25, 0.3) is 0 Å². The first-order valence-electron chi connectivity index (χ1n) is 3.61. The van der Waals surface area contributed by atoms with E-state index in [9.17, 15) is 13.2 Å². The van der Waals surface area contributed by atoms with E-state index in [1.165, 1.54) is 0 Å². The molecule has 0 amide bonds. The van der Waals surface area contributed by atoms with Gasteiger partial charge >= 0.3 is 6.18 Å². The van der Waals surface area contributed by atoms with Crippen molar-refractivity contribution in [3.8, 4) is 0 Å². The van der Waals surface area contributed by atoms with Gasteiger partial charge in [-0.25, -0.2) is 0 Å². The minimum atomic E-state index is -4.61. The number of hydrogen-bond acceptors (Lipinski definition) is 2. The minimum Gasteiger partial charge on any atom is -0.277 e. The van der Waals surface area contributed by atoms with Crippen LogP contribution in [0, 0.1) is 0 Å². The summed E-state index contributed by atoms with van der Waals surface area (Å²) >= 11 is 4.87. The number of anilines is 1. The number of rotatable bonds is 2. The van der Waals surface area contributed by atoms with Gasteiger partial charge in [0.25, 0.3) is 0 Å². The van der Waals surface area contributed by atoms with Crippen molar-refractivity contribution in [2.75, 3.05) is 5.43 Å². The summed E-state index contributed by atoms with van der Waals surface area (Å²) in [7, 11) is 0. The zero-order valence-corrected chi connectivity index (χ0v) is 7.60. The minimum absolute atomic E-state index is 0.440. The summed E-state index contributed by atoms with van der Waals surface area (Å²) in [5.74, 6) is 0. The van der Waals surface area contributed by atoms with Crippen molar-refractivity contribution in [3.63, 3.8) is 0 Å². The molecule has 1 aromatic rings. The third-order valence-corrected chi connectivity index (χ3v) is 1.59. The highest BCUT2D eigenvalue weighted by Crippen LogP contribution is 2.20. The third kappa shape index (κ3) is 3.26. The predicted octanol–water partition coefficient (Wildman–Crippen LogP) is 3.21. The van der Waals surface area contributed by atoms with Gasteiger partial charge in [-0.2, -0.15) is 18.3 Å². The highest BCUT2D eigenvalue weighted by Gasteiger charge is 2.34. The Morgan fingerprint density at radius 2 is 1.79 bits per heavy atom. The van der Waals surface area contributed by atoms with Crippen LogP contribution in [0.3, 0.4) is 0 Å². The molecule has 0 aliphatic heterocycles. The molecule has 0 fully saturated rings. The maximum Gasteiger partial charge on any atom is 0.446 e. The first-order valence-corrected chi connectivity index (χ1v) is 3.99. The molecule has 76 valence electrons. The van der Waals surface area contributed by atoms with Gasteiger partial charge in [0.1, 0.15) is 0 Å². The van der Waals surface area contributed by atoms with Crippen molar-refractivity contribution in [1.29, 1.82) is 0 Å². The maximum absolute atomic E-state index is 11.8. The molecule has 1 N–H and O–H groups in total. The molecule has 0 unspecified atom stereocenters. The number of hydrogen-bond donors (Lipinski definition) is 1. The number of halogens is 4. The van der Waals surface area contributed by atoms with Gasteiger partial charge in [-0.1, -0.05) is 29.8 Å². The molecule has 14 heavy (non-hydrogen) atoms. The summed E-state index contributed by atoms with van der Waals surface area (Å²) < 4.78 is 35.5. The number of para-hydroxylation sites is 1. The topological polar surface area (TPSA) is 24.4 Å². The van der Waals surface area contributed by atoms with Crippen LogP contribution in [0.2, 0.25) is 0 Å². The Labute approximate surface area is 83.4 Å². The zero-order valence-electron chi connectivity index (χ0n) is 6.85. The second-order valence-corrected chi connectivity index (χ2v) is 2.74. The van der Waals surface area contributed by atoms with E-state index >= 15 is 0 Å². The van der Waals surface area contributed by atoms with Crippen molar-refractivity contribution in [2.24, 2.45) is 5.10 Å². The van der Waals surface area contributed by atoms with Gasteiger partial charge in [0, 0.05) is 0 Å². The molecule has 1 aromatic carbocycles. The van der Waals surface area contributed by atoms with E-state index in [4.69, 9.17) is 11.6 Å². The lowest BCUT2D eigenvalue weighted by atomic mass is 10.3. The van der Waals surface area contributed by atoms with Gasteiger partial charge in [-0.3, -0.25) is 5.43 Å². The summed E-state index contributed by atoms with van der Waals surface area (Å²) in [4.78, 5) is 0. The second kappa shape index (κ2) is 4.32. The number of hydrazone groups is 1. The summed E-state index contributed by atoms with van der Waals surface area (Å²) in [6, 6.07) is 8.22. The quantitative estimate of drug-likeness (QED) is 0.603. The monoisotopic (exact) mass is 222 g/mol. The average molecular weight is 223 g/mol. The van der Waals surface area contributed by atoms with Crippen molar-refractivity contribution < 1.29 is 13.2 Å². The molecule has 0 aliphatic carbocycles. The van der Waals surface area contributed by atoms with E-state index < -0.39 is 11.3 Å². The molecular formula is C8H6ClF3N2. The van der Waals surface area contributed by atoms with Crippen molar-refractivity contribution in [2.45, 2.75) is 6.18 Å². The molecular weight excluding hydrogens is 217 g/mol. The van der Waals surface area contributed by atoms with E-state index in [1.54, 1.807) is 30.3 Å². The summed E-state index contributed by atoms with van der Waals surface area (Å²) in [5.41, 5.74) is 2.63. The number of nitrogens with one attached hydrogen (secondary N) is 1. The fraction of sp³-hybridized carbons (Fsp3) is 0.125. The maximum atomic E-state index is 11.8. The molecule has 2 nitrogen and oxygen atoms in total. The van der Waals surface area contributed by atoms with E-state index in [-0.39, 0.29) is 0 Å². The summed E-state index contributed by atoms with van der Waals surface area (Å²) in [5, 5.41) is 1.54. The Kier molecular flexibility index (Phi) is 3.35. The zero-order chi connectivity index (χ0) is 10.6. The molecule has 0 atom stereocenters. The van der Waals surface area contributed by atoms with Crippen LogP contribution in [-0.4, -0.2) is 11.3 Å². The van der Waals surface area contributed by atoms with E-state index in [1.807, 2.05) is 0 Å². The Balaban J connectivity index is 2.65. The standard InChI is InChI=1S/C8H6ClF3N2/c9-7(8(10,11)12)14-13-6-4-2-1-3-5-6/h1-5,13H/b14-7+. The molecule has 0 aromatic heterocycles. The van der Waals surface area contributed by atoms with Crippen LogP contribution >= 0.6 is 11.6 Å². The van der Waals surface area contributed by atoms with E-state index in [2.05, 4.69) is 10.5 Å². The van der Waals surface area contributed by atoms with Crippen LogP contribution < -0.4 is 5.43 Å². The molecule has 1 rings (SSSR count). The van der Waals surface area contributed by atoms with Crippen molar-refractivity contribution in [1.82, 2.24) is 0 Å². The Morgan fingerprint density at radius 3 is 2.29 bits per heavy atom. The summed E-state index contributed by atoms with van der Waals surface area (Å²) in [6.07, 6.45) is -4.61. The van der Waals surface area contributed by atoms with Crippen LogP contribution in [0.4, 0.5) is 18.9 Å². The van der Waals surface area contributed by atoms with Gasteiger partial charge in [-0.15, -0.1) is 0 Å². The molecule has 0 aliphatic rings. The fourth-order valence-corrected chi connectivity index (χ4v) is 0.732. The van der Waals surface area contributed by atoms with Crippen molar-refractivity contribution in [3.05, 3.63) is 30.3 Å². The number of nitrogens with zero attached hydrogens (tertiary/aromatic N) is 1. The molecule has 0 heterocycles. The fourth-order valence-electron chi connectivity index (χ4n) is 0.690. The first-order chi connectivity index (χ1) is 6.50. The molecule has 0 saturated heterocycles. The largest absolute Gasteiger partial charge is 0.446 e. The van der Waals surface area contributed by atoms with Crippen LogP contribution in [0.5, 0.6) is 0 Å². The Morgan fingerprint density at radius 1 is 1.21 bits per heavy atom. The van der Waals surface area contributed by atoms with Crippen molar-refractivity contribution >= 4 is 22.5 Å². The molecule has 0 spiro atoms. The normalized spacial score (nSPS) is 12.7. The van der Waals surface area contributed by atoms with Gasteiger partial charge in [-0.05, 0) is 12.1 Å². The van der Waals surface area contributed by atoms with Gasteiger partial charge in [0.05, 0.1) is 5.69 Å². The SMILES string of the molecule is FC(F)(F)/C(Cl)=N\Nc1ccccc1. The van der Waals surface area contributed by atoms with E-state index in [0.29, 0.717) is 5.69 Å². The van der Waals surface area contributed by atoms with Gasteiger partial charge in [0.2, 0.25) is 5.17 Å². The first kappa shape index (κ1) is 10.8. The Bertz CT molecular complexity index is 321. The van der Waals surface area contributed by atoms with E-state index in [0.717, 1.165) is 0 Å². The lowest BCUT2D eigenvalue weighted by Gasteiger charge is -2.04. The number of alkyl halides is 3. The van der Waals surface area contributed by atoms with Crippen LogP contribution in [0.15, 0.2) is 35.4 Å². The molecule has 6 heteroatoms. The lowest BCUT2D eigenvalue weighted by molar-refractivity contribution is -0.0559. The second-order valence-electron chi connectivity index (χ2n) is 2.38. The lowest BCUT2D eigenvalue weighted by Crippen LogP contribution is -2.18. The third-order valence-electron chi connectivity index (χ3n) is 1.29. The smallest absolute Gasteiger partial charge is 0.277 e. The average Bonchev–Trinajstić information content (AvgIpc) is 2.14. The van der Waals surface area contributed by atoms with Crippen LogP contribution in [0.1, 0.15) is 0 Å². The number of benzene rings is 1. The Hall–Kier alpha value is -1.23. The van der Waals surface area contributed by atoms with Crippen LogP contribution in [-0.2, 0) is 0 Å². The predicted molar refractivity (Wildman–Crippen MR) is 49.4 cm³/mol. The molecule has 0 radical (unpaired) electrons.